The highest BCUT2D eigenvalue weighted by molar-refractivity contribution is 6.25. The lowest BCUT2D eigenvalue weighted by Crippen LogP contribution is -2.67. The average molecular weight is 605 g/mol. The quantitative estimate of drug-likeness (QED) is 0.0906. The van der Waals surface area contributed by atoms with E-state index in [1.165, 1.54) is 44.1 Å². The summed E-state index contributed by atoms with van der Waals surface area (Å²) in [5.74, 6) is -7.95. The van der Waals surface area contributed by atoms with Crippen molar-refractivity contribution in [1.29, 1.82) is 0 Å². The monoisotopic (exact) mass is 604 g/mol. The number of aliphatic hydroxyl groups is 4. The van der Waals surface area contributed by atoms with Gasteiger partial charge in [0.25, 0.3) is 11.0 Å². The van der Waals surface area contributed by atoms with E-state index in [0.29, 0.717) is 13.0 Å². The molecule has 43 heavy (non-hydrogen) atoms. The van der Waals surface area contributed by atoms with E-state index in [2.05, 4.69) is 10.2 Å². The molecule has 0 aliphatic heterocycles. The molecule has 4 rings (SSSR count). The zero-order valence-corrected chi connectivity index (χ0v) is 24.2. The molecule has 0 radical (unpaired) electrons. The summed E-state index contributed by atoms with van der Waals surface area (Å²) in [5.41, 5.74) is -6.03. The fourth-order valence-corrected chi connectivity index (χ4v) is 6.59. The minimum Gasteiger partial charge on any atom is -0.508 e. The Bertz CT molecular complexity index is 1420. The highest BCUT2D eigenvalue weighted by Crippen LogP contribution is 2.57. The van der Waals surface area contributed by atoms with Gasteiger partial charge in [-0.15, -0.1) is 10.1 Å². The fourth-order valence-electron chi connectivity index (χ4n) is 6.59. The van der Waals surface area contributed by atoms with Gasteiger partial charge >= 0.3 is 0 Å². The van der Waals surface area contributed by atoms with Gasteiger partial charge in [-0.2, -0.15) is 0 Å². The minimum atomic E-state index is -2.84. The first-order valence-electron chi connectivity index (χ1n) is 13.8. The number of likely N-dealkylation sites (N-methyl/N-ethyl adjacent to an activating group) is 1. The van der Waals surface area contributed by atoms with Crippen LogP contribution in [0.4, 0.5) is 0 Å². The van der Waals surface area contributed by atoms with E-state index in [9.17, 15) is 50.0 Å². The first-order valence-corrected chi connectivity index (χ1v) is 13.8. The van der Waals surface area contributed by atoms with E-state index in [0.717, 1.165) is 0 Å². The Hall–Kier alpha value is -4.05. The van der Waals surface area contributed by atoms with Crippen molar-refractivity contribution < 1.29 is 49.8 Å². The van der Waals surface area contributed by atoms with Crippen molar-refractivity contribution in [2.24, 2.45) is 11.8 Å². The number of hydrogen-bond acceptors (Lipinski definition) is 13. The molecule has 1 unspecified atom stereocenters. The van der Waals surface area contributed by atoms with Crippen LogP contribution in [0, 0.1) is 22.0 Å². The number of ketones is 2. The van der Waals surface area contributed by atoms with Crippen LogP contribution < -0.4 is 5.32 Å². The lowest BCUT2D eigenvalue weighted by atomic mass is 9.54. The molecule has 0 heterocycles. The maximum atomic E-state index is 14.1. The van der Waals surface area contributed by atoms with Crippen molar-refractivity contribution in [3.8, 4) is 5.75 Å². The summed E-state index contributed by atoms with van der Waals surface area (Å²) in [6, 6.07) is 2.90. The molecule has 0 saturated heterocycles. The number of aromatic hydroxyl groups is 1. The van der Waals surface area contributed by atoms with Crippen LogP contribution in [0.5, 0.6) is 5.75 Å². The maximum Gasteiger partial charge on any atom is 0.294 e. The van der Waals surface area contributed by atoms with Crippen LogP contribution in [-0.4, -0.2) is 110 Å². The number of fused-ring (bicyclic) bond motifs is 3. The van der Waals surface area contributed by atoms with Crippen molar-refractivity contribution in [2.75, 3.05) is 40.5 Å². The Morgan fingerprint density at radius 3 is 2.47 bits per heavy atom. The molecule has 1 amide bonds. The SMILES string of the molecule is CCCN(CCO[N+](=O)[O-])CNC(=O)C1=C(O)[C@@]2(O)C(=O)C3=C(O)c4c(O)cccc4C(C)(O)[C@H]3C[C@H]2[C@H](N(C)C)C1=O. The second-order valence-corrected chi connectivity index (χ2v) is 11.4. The fraction of sp³-hybridized carbons (Fsp3) is 0.536. The normalized spacial score (nSPS) is 28.5. The number of carbonyl (C=O) groups is 3. The van der Waals surface area contributed by atoms with Crippen molar-refractivity contribution in [2.45, 2.75) is 43.9 Å². The Labute approximate surface area is 246 Å². The predicted octanol–water partition coefficient (Wildman–Crippen LogP) is 0.138. The van der Waals surface area contributed by atoms with Gasteiger partial charge in [0, 0.05) is 24.0 Å². The van der Waals surface area contributed by atoms with Gasteiger partial charge in [0.2, 0.25) is 5.78 Å². The third-order valence-corrected chi connectivity index (χ3v) is 8.61. The van der Waals surface area contributed by atoms with Gasteiger partial charge in [-0.1, -0.05) is 19.1 Å². The van der Waals surface area contributed by atoms with E-state index in [1.54, 1.807) is 4.90 Å². The zero-order chi connectivity index (χ0) is 32.0. The van der Waals surface area contributed by atoms with Gasteiger partial charge in [-0.3, -0.25) is 24.2 Å². The lowest BCUT2D eigenvalue weighted by molar-refractivity contribution is -0.757. The van der Waals surface area contributed by atoms with Crippen molar-refractivity contribution in [3.05, 3.63) is 56.3 Å². The number of rotatable bonds is 10. The molecule has 1 aromatic rings. The van der Waals surface area contributed by atoms with E-state index in [-0.39, 0.29) is 37.4 Å². The average Bonchev–Trinajstić information content (AvgIpc) is 2.92. The number of hydrogen-bond donors (Lipinski definition) is 6. The summed E-state index contributed by atoms with van der Waals surface area (Å²) in [7, 11) is 3.00. The van der Waals surface area contributed by atoms with E-state index in [1.807, 2.05) is 6.92 Å². The number of phenolic OH excluding ortho intramolecular Hbond substituents is 1. The molecular formula is C28H36N4O11. The molecule has 6 N–H and O–H groups in total. The summed E-state index contributed by atoms with van der Waals surface area (Å²) in [5, 5.41) is 68.6. The molecule has 0 spiro atoms. The molecule has 1 aromatic carbocycles. The largest absolute Gasteiger partial charge is 0.508 e. The second kappa shape index (κ2) is 11.6. The number of nitrogens with zero attached hydrogens (tertiary/aromatic N) is 3. The molecular weight excluding hydrogens is 568 g/mol. The first kappa shape index (κ1) is 31.9. The molecule has 1 fully saturated rings. The van der Waals surface area contributed by atoms with Crippen molar-refractivity contribution in [1.82, 2.24) is 15.1 Å². The molecule has 234 valence electrons. The topological polar surface area (TPSA) is 223 Å². The second-order valence-electron chi connectivity index (χ2n) is 11.4. The number of nitrogens with one attached hydrogen (secondary N) is 1. The molecule has 5 atom stereocenters. The van der Waals surface area contributed by atoms with Gasteiger partial charge in [0.05, 0.1) is 23.9 Å². The van der Waals surface area contributed by atoms with Crippen LogP contribution in [-0.2, 0) is 24.8 Å². The number of Topliss-reactive ketones (excluding diaryl/α,β-unsaturated/α-hetero) is 2. The number of phenols is 1. The third kappa shape index (κ3) is 5.11. The van der Waals surface area contributed by atoms with Crippen molar-refractivity contribution >= 4 is 23.2 Å². The number of carbonyl (C=O) groups excluding carboxylic acids is 3. The summed E-state index contributed by atoms with van der Waals surface area (Å²) in [6.07, 6.45) is 0.361. The third-order valence-electron chi connectivity index (χ3n) is 8.61. The van der Waals surface area contributed by atoms with Crippen LogP contribution in [0.3, 0.4) is 0 Å². The van der Waals surface area contributed by atoms with E-state index in [4.69, 9.17) is 0 Å². The number of aliphatic hydroxyl groups excluding tert-OH is 2. The van der Waals surface area contributed by atoms with Crippen LogP contribution >= 0.6 is 0 Å². The molecule has 3 aliphatic rings. The summed E-state index contributed by atoms with van der Waals surface area (Å²) < 4.78 is 0. The van der Waals surface area contributed by atoms with Gasteiger partial charge in [-0.05, 0) is 52.0 Å². The Morgan fingerprint density at radius 2 is 1.86 bits per heavy atom. The Morgan fingerprint density at radius 1 is 1.19 bits per heavy atom. The van der Waals surface area contributed by atoms with E-state index >= 15 is 0 Å². The predicted molar refractivity (Wildman–Crippen MR) is 149 cm³/mol. The molecule has 0 aromatic heterocycles. The van der Waals surface area contributed by atoms with Crippen LogP contribution in [0.15, 0.2) is 35.1 Å². The van der Waals surface area contributed by atoms with Crippen LogP contribution in [0.25, 0.3) is 5.76 Å². The summed E-state index contributed by atoms with van der Waals surface area (Å²) in [6.45, 7) is 3.20. The maximum absolute atomic E-state index is 14.1. The number of amides is 1. The summed E-state index contributed by atoms with van der Waals surface area (Å²) in [4.78, 5) is 59.1. The molecule has 0 bridgehead atoms. The van der Waals surface area contributed by atoms with Crippen molar-refractivity contribution in [3.63, 3.8) is 0 Å². The smallest absolute Gasteiger partial charge is 0.294 e. The number of benzene rings is 1. The van der Waals surface area contributed by atoms with Gasteiger partial charge in [-0.25, -0.2) is 0 Å². The first-order chi connectivity index (χ1) is 20.1. The minimum absolute atomic E-state index is 0.0575. The molecule has 1 saturated carbocycles. The van der Waals surface area contributed by atoms with Gasteiger partial charge in [0.1, 0.15) is 29.4 Å². The Kier molecular flexibility index (Phi) is 8.57. The van der Waals surface area contributed by atoms with Gasteiger partial charge in [0.15, 0.2) is 11.4 Å². The van der Waals surface area contributed by atoms with Crippen LogP contribution in [0.1, 0.15) is 37.8 Å². The highest BCUT2D eigenvalue weighted by atomic mass is 16.9. The lowest BCUT2D eigenvalue weighted by Gasteiger charge is -2.53. The standard InChI is InChI=1S/C28H36N4O11/c1-5-9-31(10-11-43-32(41)42)13-29-26(38)20-23(35)21(30(3)4)16-12-15-19(24(36)28(16,40)25(20)37)22(34)18-14(27(15,2)39)7-6-8-17(18)33/h6-8,15-16,21,33-34,37,39-40H,5,9-13H2,1-4H3,(H,29,38)/t15-,16-,21-,27?,28-/m0/s1. The molecule has 15 heteroatoms. The van der Waals surface area contributed by atoms with Gasteiger partial charge < -0.3 is 35.7 Å². The molecule has 3 aliphatic carbocycles. The summed E-state index contributed by atoms with van der Waals surface area (Å²) >= 11 is 0. The van der Waals surface area contributed by atoms with E-state index < -0.39 is 80.1 Å². The highest BCUT2D eigenvalue weighted by Gasteiger charge is 2.66. The van der Waals surface area contributed by atoms with Crippen LogP contribution in [0.2, 0.25) is 0 Å². The Balaban J connectivity index is 1.77. The molecule has 15 nitrogen and oxygen atoms in total. The zero-order valence-electron chi connectivity index (χ0n) is 24.2.